The topological polar surface area (TPSA) is 35.2 Å². The van der Waals surface area contributed by atoms with Crippen LogP contribution in [0.25, 0.3) is 0 Å². The number of ether oxygens (including phenoxy) is 1. The summed E-state index contributed by atoms with van der Waals surface area (Å²) < 4.78 is 6.58. The molecule has 0 fully saturated rings. The van der Waals surface area contributed by atoms with Gasteiger partial charge in [0.25, 0.3) is 0 Å². The first kappa shape index (κ1) is 15.2. The summed E-state index contributed by atoms with van der Waals surface area (Å²) in [5.41, 5.74) is 9.54. The van der Waals surface area contributed by atoms with E-state index in [4.69, 9.17) is 33.7 Å². The minimum Gasteiger partial charge on any atom is -0.493 e. The van der Waals surface area contributed by atoms with E-state index in [-0.39, 0.29) is 6.04 Å². The molecule has 0 amide bonds. The molecule has 0 bridgehead atoms. The third-order valence-electron chi connectivity index (χ3n) is 3.64. The smallest absolute Gasteiger partial charge is 0.125 e. The monoisotopic (exact) mass is 385 g/mol. The highest BCUT2D eigenvalue weighted by atomic mass is 79.9. The maximum absolute atomic E-state index is 6.32. The summed E-state index contributed by atoms with van der Waals surface area (Å²) in [4.78, 5) is 0. The number of nitrogens with two attached hydrogens (primary N) is 1. The van der Waals surface area contributed by atoms with Crippen LogP contribution in [-0.2, 0) is 12.8 Å². The summed E-state index contributed by atoms with van der Waals surface area (Å²) in [5, 5.41) is 1.39. The highest BCUT2D eigenvalue weighted by Crippen LogP contribution is 2.35. The second-order valence-electron chi connectivity index (χ2n) is 5.14. The van der Waals surface area contributed by atoms with E-state index in [0.717, 1.165) is 32.8 Å². The summed E-state index contributed by atoms with van der Waals surface area (Å²) in [5.74, 6) is 0.943. The van der Waals surface area contributed by atoms with Gasteiger partial charge in [-0.2, -0.15) is 0 Å². The lowest BCUT2D eigenvalue weighted by Crippen LogP contribution is -2.14. The van der Waals surface area contributed by atoms with Gasteiger partial charge in [-0.25, -0.2) is 0 Å². The van der Waals surface area contributed by atoms with E-state index < -0.39 is 0 Å². The van der Waals surface area contributed by atoms with Crippen LogP contribution in [0, 0.1) is 0 Å². The van der Waals surface area contributed by atoms with Crippen molar-refractivity contribution in [3.8, 4) is 5.75 Å². The Morgan fingerprint density at radius 3 is 2.81 bits per heavy atom. The largest absolute Gasteiger partial charge is 0.493 e. The molecule has 5 heteroatoms. The third-order valence-corrected chi connectivity index (χ3v) is 5.09. The molecular formula is C16H14BrCl2NO. The van der Waals surface area contributed by atoms with Crippen LogP contribution in [0.4, 0.5) is 0 Å². The van der Waals surface area contributed by atoms with Crippen molar-refractivity contribution < 1.29 is 4.74 Å². The first-order valence-electron chi connectivity index (χ1n) is 6.69. The summed E-state index contributed by atoms with van der Waals surface area (Å²) in [6.45, 7) is 0.710. The summed E-state index contributed by atoms with van der Waals surface area (Å²) in [6.07, 6.45) is 1.57. The van der Waals surface area contributed by atoms with E-state index in [1.54, 1.807) is 0 Å². The first-order chi connectivity index (χ1) is 10.0. The van der Waals surface area contributed by atoms with Crippen molar-refractivity contribution in [2.75, 3.05) is 6.61 Å². The molecule has 2 aromatic rings. The van der Waals surface area contributed by atoms with Crippen LogP contribution < -0.4 is 10.5 Å². The lowest BCUT2D eigenvalue weighted by Gasteiger charge is -2.15. The number of hydrogen-bond acceptors (Lipinski definition) is 2. The van der Waals surface area contributed by atoms with E-state index in [0.29, 0.717) is 18.1 Å². The van der Waals surface area contributed by atoms with E-state index in [1.165, 1.54) is 5.56 Å². The van der Waals surface area contributed by atoms with Crippen molar-refractivity contribution in [1.82, 2.24) is 0 Å². The second kappa shape index (κ2) is 6.17. The molecule has 3 rings (SSSR count). The molecule has 2 aromatic carbocycles. The molecule has 2 N–H and O–H groups in total. The van der Waals surface area contributed by atoms with Crippen LogP contribution in [0.15, 0.2) is 34.8 Å². The Balaban J connectivity index is 1.88. The lowest BCUT2D eigenvalue weighted by molar-refractivity contribution is 0.352. The Kier molecular flexibility index (Phi) is 4.46. The second-order valence-corrected chi connectivity index (χ2v) is 6.83. The van der Waals surface area contributed by atoms with Crippen molar-refractivity contribution in [2.45, 2.75) is 18.9 Å². The standard InChI is InChI=1S/C16H14BrCl2NO/c17-13-2-1-9(7-14(13)19)15(20)8-11-6-12(18)5-10-3-4-21-16(10)11/h1-2,5-7,15H,3-4,8,20H2. The Hall–Kier alpha value is -0.740. The molecule has 0 saturated carbocycles. The van der Waals surface area contributed by atoms with Crippen molar-refractivity contribution >= 4 is 39.1 Å². The van der Waals surface area contributed by atoms with Crippen molar-refractivity contribution in [3.05, 3.63) is 61.5 Å². The molecular weight excluding hydrogens is 373 g/mol. The average molecular weight is 387 g/mol. The molecule has 0 aliphatic carbocycles. The predicted octanol–water partition coefficient (Wildman–Crippen LogP) is 4.93. The van der Waals surface area contributed by atoms with Gasteiger partial charge in [-0.15, -0.1) is 0 Å². The van der Waals surface area contributed by atoms with Crippen molar-refractivity contribution in [3.63, 3.8) is 0 Å². The molecule has 1 aliphatic heterocycles. The fourth-order valence-electron chi connectivity index (χ4n) is 2.60. The highest BCUT2D eigenvalue weighted by molar-refractivity contribution is 9.10. The molecule has 1 aliphatic rings. The van der Waals surface area contributed by atoms with Gasteiger partial charge in [-0.3, -0.25) is 0 Å². The van der Waals surface area contributed by atoms with Gasteiger partial charge >= 0.3 is 0 Å². The van der Waals surface area contributed by atoms with Gasteiger partial charge in [0.1, 0.15) is 5.75 Å². The van der Waals surface area contributed by atoms with E-state index in [2.05, 4.69) is 15.9 Å². The Morgan fingerprint density at radius 1 is 1.24 bits per heavy atom. The highest BCUT2D eigenvalue weighted by Gasteiger charge is 2.20. The van der Waals surface area contributed by atoms with Gasteiger partial charge in [0, 0.05) is 22.0 Å². The Morgan fingerprint density at radius 2 is 2.05 bits per heavy atom. The third kappa shape index (κ3) is 3.21. The molecule has 1 atom stereocenters. The molecule has 21 heavy (non-hydrogen) atoms. The summed E-state index contributed by atoms with van der Waals surface area (Å²) >= 11 is 15.7. The minimum atomic E-state index is -0.151. The molecule has 0 aromatic heterocycles. The van der Waals surface area contributed by atoms with E-state index in [9.17, 15) is 0 Å². The van der Waals surface area contributed by atoms with Gasteiger partial charge in [-0.1, -0.05) is 29.3 Å². The Labute approximate surface area is 142 Å². The number of halogens is 3. The van der Waals surface area contributed by atoms with Gasteiger partial charge < -0.3 is 10.5 Å². The van der Waals surface area contributed by atoms with Crippen molar-refractivity contribution in [2.24, 2.45) is 5.73 Å². The van der Waals surface area contributed by atoms with Crippen LogP contribution in [-0.4, -0.2) is 6.61 Å². The van der Waals surface area contributed by atoms with E-state index >= 15 is 0 Å². The van der Waals surface area contributed by atoms with Crippen LogP contribution in [0.3, 0.4) is 0 Å². The molecule has 110 valence electrons. The molecule has 1 heterocycles. The fourth-order valence-corrected chi connectivity index (χ4v) is 3.29. The van der Waals surface area contributed by atoms with Gasteiger partial charge in [0.2, 0.25) is 0 Å². The number of hydrogen-bond donors (Lipinski definition) is 1. The average Bonchev–Trinajstić information content (AvgIpc) is 2.90. The van der Waals surface area contributed by atoms with Crippen LogP contribution in [0.5, 0.6) is 5.75 Å². The maximum atomic E-state index is 6.32. The Bertz CT molecular complexity index is 690. The molecule has 1 unspecified atom stereocenters. The number of benzene rings is 2. The lowest BCUT2D eigenvalue weighted by atomic mass is 9.97. The SMILES string of the molecule is NC(Cc1cc(Cl)cc2c1OCC2)c1ccc(Br)c(Cl)c1. The molecule has 0 radical (unpaired) electrons. The quantitative estimate of drug-likeness (QED) is 0.811. The zero-order chi connectivity index (χ0) is 15.0. The fraction of sp³-hybridized carbons (Fsp3) is 0.250. The van der Waals surface area contributed by atoms with Gasteiger partial charge in [0.05, 0.1) is 11.6 Å². The normalized spacial score (nSPS) is 14.7. The predicted molar refractivity (Wildman–Crippen MR) is 90.4 cm³/mol. The van der Waals surface area contributed by atoms with Crippen LogP contribution in [0.1, 0.15) is 22.7 Å². The van der Waals surface area contributed by atoms with Crippen LogP contribution >= 0.6 is 39.1 Å². The van der Waals surface area contributed by atoms with Crippen molar-refractivity contribution in [1.29, 1.82) is 0 Å². The summed E-state index contributed by atoms with van der Waals surface area (Å²) in [7, 11) is 0. The summed E-state index contributed by atoms with van der Waals surface area (Å²) in [6, 6.07) is 9.54. The molecule has 0 spiro atoms. The molecule has 0 saturated heterocycles. The number of fused-ring (bicyclic) bond motifs is 1. The van der Waals surface area contributed by atoms with Gasteiger partial charge in [-0.05, 0) is 63.3 Å². The van der Waals surface area contributed by atoms with Crippen LogP contribution in [0.2, 0.25) is 10.0 Å². The molecule has 2 nitrogen and oxygen atoms in total. The maximum Gasteiger partial charge on any atom is 0.125 e. The number of rotatable bonds is 3. The zero-order valence-electron chi connectivity index (χ0n) is 11.2. The zero-order valence-corrected chi connectivity index (χ0v) is 14.3. The minimum absolute atomic E-state index is 0.151. The van der Waals surface area contributed by atoms with E-state index in [1.807, 2.05) is 30.3 Å². The van der Waals surface area contributed by atoms with Gasteiger partial charge in [0.15, 0.2) is 0 Å². The first-order valence-corrected chi connectivity index (χ1v) is 8.24.